The zero-order chi connectivity index (χ0) is 13.4. The maximum absolute atomic E-state index is 5.59. The number of fused-ring (bicyclic) bond motifs is 1. The molecule has 0 aliphatic rings. The summed E-state index contributed by atoms with van der Waals surface area (Å²) in [5, 5.41) is 1.24. The summed E-state index contributed by atoms with van der Waals surface area (Å²) in [5.41, 5.74) is 10.1. The van der Waals surface area contributed by atoms with Crippen LogP contribution in [0.1, 0.15) is 11.5 Å². The number of hydrogen-bond donors (Lipinski definition) is 2. The number of H-pyrrole nitrogens is 1. The molecule has 2 aromatic heterocycles. The summed E-state index contributed by atoms with van der Waals surface area (Å²) in [6.45, 7) is 2.67. The van der Waals surface area contributed by atoms with Crippen molar-refractivity contribution in [2.75, 3.05) is 6.54 Å². The van der Waals surface area contributed by atoms with Gasteiger partial charge in [-0.25, -0.2) is 4.98 Å². The van der Waals surface area contributed by atoms with Crippen molar-refractivity contribution in [2.24, 2.45) is 12.8 Å². The largest absolute Gasteiger partial charge is 0.350 e. The number of nitrogens with zero attached hydrogens (tertiary/aromatic N) is 2. The molecule has 0 atom stereocenters. The lowest BCUT2D eigenvalue weighted by Gasteiger charge is -1.96. The van der Waals surface area contributed by atoms with Gasteiger partial charge < -0.3 is 15.3 Å². The smallest absolute Gasteiger partial charge is 0.108 e. The van der Waals surface area contributed by atoms with Crippen LogP contribution < -0.4 is 5.73 Å². The third-order valence-electron chi connectivity index (χ3n) is 3.47. The van der Waals surface area contributed by atoms with Crippen LogP contribution in [0.4, 0.5) is 0 Å². The molecule has 4 nitrogen and oxygen atoms in total. The number of aromatic amines is 1. The van der Waals surface area contributed by atoms with Gasteiger partial charge in [0.05, 0.1) is 5.69 Å². The van der Waals surface area contributed by atoms with E-state index < -0.39 is 0 Å². The molecular formula is C15H18N4. The van der Waals surface area contributed by atoms with Crippen molar-refractivity contribution in [3.8, 4) is 11.3 Å². The van der Waals surface area contributed by atoms with E-state index in [1.807, 2.05) is 0 Å². The lowest BCUT2D eigenvalue weighted by atomic mass is 10.1. The van der Waals surface area contributed by atoms with Crippen LogP contribution in [0.25, 0.3) is 22.2 Å². The molecule has 0 spiro atoms. The van der Waals surface area contributed by atoms with E-state index in [1.54, 1.807) is 0 Å². The van der Waals surface area contributed by atoms with Crippen LogP contribution in [0.2, 0.25) is 0 Å². The Labute approximate surface area is 112 Å². The lowest BCUT2D eigenvalue weighted by Crippen LogP contribution is -2.03. The Hall–Kier alpha value is -2.07. The van der Waals surface area contributed by atoms with Crippen LogP contribution in [0.5, 0.6) is 0 Å². The maximum Gasteiger partial charge on any atom is 0.108 e. The van der Waals surface area contributed by atoms with Gasteiger partial charge in [0.25, 0.3) is 0 Å². The molecule has 2 heterocycles. The quantitative estimate of drug-likeness (QED) is 0.754. The third-order valence-corrected chi connectivity index (χ3v) is 3.47. The van der Waals surface area contributed by atoms with E-state index >= 15 is 0 Å². The summed E-state index contributed by atoms with van der Waals surface area (Å²) in [7, 11) is 2.06. The van der Waals surface area contributed by atoms with Crippen LogP contribution >= 0.6 is 0 Å². The topological polar surface area (TPSA) is 59.6 Å². The first-order valence-electron chi connectivity index (χ1n) is 6.50. The van der Waals surface area contributed by atoms with Crippen molar-refractivity contribution < 1.29 is 0 Å². The van der Waals surface area contributed by atoms with E-state index in [2.05, 4.69) is 59.0 Å². The molecule has 3 rings (SSSR count). The number of nitrogens with one attached hydrogen (secondary N) is 1. The van der Waals surface area contributed by atoms with Crippen molar-refractivity contribution in [3.05, 3.63) is 42.0 Å². The molecular weight excluding hydrogens is 236 g/mol. The van der Waals surface area contributed by atoms with Crippen LogP contribution in [-0.4, -0.2) is 21.1 Å². The van der Waals surface area contributed by atoms with E-state index in [-0.39, 0.29) is 0 Å². The molecule has 98 valence electrons. The number of para-hydroxylation sites is 1. The highest BCUT2D eigenvalue weighted by atomic mass is 15.0. The van der Waals surface area contributed by atoms with E-state index in [9.17, 15) is 0 Å². The summed E-state index contributed by atoms with van der Waals surface area (Å²) in [4.78, 5) is 8.00. The average molecular weight is 254 g/mol. The summed E-state index contributed by atoms with van der Waals surface area (Å²) < 4.78 is 2.14. The van der Waals surface area contributed by atoms with Gasteiger partial charge in [0.2, 0.25) is 0 Å². The zero-order valence-corrected chi connectivity index (χ0v) is 11.3. The van der Waals surface area contributed by atoms with Gasteiger partial charge in [-0.3, -0.25) is 0 Å². The first kappa shape index (κ1) is 12.0. The molecule has 1 aromatic carbocycles. The molecule has 0 unspecified atom stereocenters. The number of rotatable bonds is 3. The van der Waals surface area contributed by atoms with Gasteiger partial charge in [-0.15, -0.1) is 0 Å². The Morgan fingerprint density at radius 3 is 2.89 bits per heavy atom. The number of aromatic nitrogens is 3. The monoisotopic (exact) mass is 254 g/mol. The summed E-state index contributed by atoms with van der Waals surface area (Å²) in [6.07, 6.45) is 2.92. The van der Waals surface area contributed by atoms with E-state index in [0.29, 0.717) is 6.54 Å². The fourth-order valence-corrected chi connectivity index (χ4v) is 2.57. The number of hydrogen-bond acceptors (Lipinski definition) is 2. The van der Waals surface area contributed by atoms with Gasteiger partial charge in [-0.05, 0) is 19.5 Å². The molecule has 0 fully saturated rings. The Bertz CT molecular complexity index is 721. The van der Waals surface area contributed by atoms with Crippen molar-refractivity contribution in [2.45, 2.75) is 13.3 Å². The highest BCUT2D eigenvalue weighted by Gasteiger charge is 2.14. The lowest BCUT2D eigenvalue weighted by molar-refractivity contribution is 0.891. The molecule has 0 bridgehead atoms. The van der Waals surface area contributed by atoms with Gasteiger partial charge in [-0.2, -0.15) is 0 Å². The number of nitrogens with two attached hydrogens (primary N) is 1. The minimum atomic E-state index is 0.613. The second kappa shape index (κ2) is 4.55. The predicted molar refractivity (Wildman–Crippen MR) is 78.0 cm³/mol. The van der Waals surface area contributed by atoms with Crippen molar-refractivity contribution >= 4 is 10.9 Å². The highest BCUT2D eigenvalue weighted by molar-refractivity contribution is 5.95. The predicted octanol–water partition coefficient (Wildman–Crippen LogP) is 2.38. The first-order valence-corrected chi connectivity index (χ1v) is 6.50. The Morgan fingerprint density at radius 2 is 2.11 bits per heavy atom. The van der Waals surface area contributed by atoms with Crippen LogP contribution in [0, 0.1) is 6.92 Å². The van der Waals surface area contributed by atoms with Gasteiger partial charge in [-0.1, -0.05) is 18.2 Å². The van der Waals surface area contributed by atoms with Crippen LogP contribution in [0.3, 0.4) is 0 Å². The second-order valence-corrected chi connectivity index (χ2v) is 4.87. The standard InChI is InChI=1S/C15H18N4/c1-10-15(18-14(17-10)7-8-16)12-9-19(2)13-6-4-3-5-11(12)13/h3-6,9H,7-8,16H2,1-2H3,(H,17,18). The molecule has 0 radical (unpaired) electrons. The molecule has 0 aliphatic heterocycles. The molecule has 0 saturated heterocycles. The van der Waals surface area contributed by atoms with Crippen LogP contribution in [0.15, 0.2) is 30.5 Å². The minimum Gasteiger partial charge on any atom is -0.350 e. The minimum absolute atomic E-state index is 0.613. The molecule has 3 aromatic rings. The van der Waals surface area contributed by atoms with E-state index in [1.165, 1.54) is 16.5 Å². The zero-order valence-electron chi connectivity index (χ0n) is 11.3. The molecule has 0 aliphatic carbocycles. The van der Waals surface area contributed by atoms with Crippen molar-refractivity contribution in [3.63, 3.8) is 0 Å². The Morgan fingerprint density at radius 1 is 1.32 bits per heavy atom. The van der Waals surface area contributed by atoms with Gasteiger partial charge in [0.1, 0.15) is 5.82 Å². The van der Waals surface area contributed by atoms with Gasteiger partial charge >= 0.3 is 0 Å². The van der Waals surface area contributed by atoms with E-state index in [4.69, 9.17) is 5.73 Å². The fraction of sp³-hybridized carbons (Fsp3) is 0.267. The summed E-state index contributed by atoms with van der Waals surface area (Å²) in [5.74, 6) is 0.961. The first-order chi connectivity index (χ1) is 9.20. The van der Waals surface area contributed by atoms with E-state index in [0.717, 1.165) is 23.6 Å². The van der Waals surface area contributed by atoms with Crippen molar-refractivity contribution in [1.29, 1.82) is 0 Å². The normalized spacial score (nSPS) is 11.3. The second-order valence-electron chi connectivity index (χ2n) is 4.87. The van der Waals surface area contributed by atoms with Gasteiger partial charge in [0, 0.05) is 41.8 Å². The van der Waals surface area contributed by atoms with Crippen molar-refractivity contribution in [1.82, 2.24) is 14.5 Å². The fourth-order valence-electron chi connectivity index (χ4n) is 2.57. The average Bonchev–Trinajstić information content (AvgIpc) is 2.92. The molecule has 4 heteroatoms. The third kappa shape index (κ3) is 1.94. The molecule has 0 amide bonds. The van der Waals surface area contributed by atoms with Gasteiger partial charge in [0.15, 0.2) is 0 Å². The summed E-state index contributed by atoms with van der Waals surface area (Å²) in [6, 6.07) is 8.39. The SMILES string of the molecule is Cc1[nH]c(CCN)nc1-c1cn(C)c2ccccc12. The highest BCUT2D eigenvalue weighted by Crippen LogP contribution is 2.30. The summed E-state index contributed by atoms with van der Waals surface area (Å²) >= 11 is 0. The molecule has 0 saturated carbocycles. The number of aryl methyl sites for hydroxylation is 2. The number of imidazole rings is 1. The Balaban J connectivity index is 2.19. The maximum atomic E-state index is 5.59. The molecule has 19 heavy (non-hydrogen) atoms. The molecule has 3 N–H and O–H groups in total. The number of benzene rings is 1. The Kier molecular flexibility index (Phi) is 2.87. The van der Waals surface area contributed by atoms with Crippen LogP contribution in [-0.2, 0) is 13.5 Å².